The number of hydrogen-bond donors (Lipinski definition) is 0. The van der Waals surface area contributed by atoms with Crippen LogP contribution >= 0.6 is 15.9 Å². The van der Waals surface area contributed by atoms with Gasteiger partial charge in [0.15, 0.2) is 9.84 Å². The summed E-state index contributed by atoms with van der Waals surface area (Å²) >= 11 is 3.20. The zero-order valence-electron chi connectivity index (χ0n) is 10.2. The molecular weight excluding hydrogens is 345 g/mol. The van der Waals surface area contributed by atoms with Gasteiger partial charge in [0.05, 0.1) is 22.3 Å². The second-order valence-corrected chi connectivity index (χ2v) is 7.03. The molecule has 2 rings (SSSR count). The number of sulfone groups is 1. The first-order chi connectivity index (χ1) is 9.42. The van der Waals surface area contributed by atoms with Crippen LogP contribution in [0.3, 0.4) is 0 Å². The van der Waals surface area contributed by atoms with E-state index in [1.807, 2.05) is 6.07 Å². The zero-order valence-corrected chi connectivity index (χ0v) is 12.6. The number of halogens is 2. The Bertz CT molecular complexity index is 797. The van der Waals surface area contributed by atoms with Crippen LogP contribution in [0.15, 0.2) is 51.8 Å². The summed E-state index contributed by atoms with van der Waals surface area (Å²) in [6, 6.07) is 11.6. The van der Waals surface area contributed by atoms with Crippen LogP contribution in [0, 0.1) is 17.1 Å². The van der Waals surface area contributed by atoms with Gasteiger partial charge in [-0.3, -0.25) is 0 Å². The smallest absolute Gasteiger partial charge is 0.182 e. The summed E-state index contributed by atoms with van der Waals surface area (Å²) < 4.78 is 38.4. The highest BCUT2D eigenvalue weighted by atomic mass is 79.9. The average molecular weight is 354 g/mol. The predicted octanol–water partition coefficient (Wildman–Crippen LogP) is 3.43. The topological polar surface area (TPSA) is 57.9 Å². The fourth-order valence-corrected chi connectivity index (χ4v) is 3.70. The van der Waals surface area contributed by atoms with Crippen molar-refractivity contribution < 1.29 is 12.8 Å². The molecule has 0 saturated heterocycles. The molecule has 2 aromatic carbocycles. The SMILES string of the molecule is N#Cc1ccc(F)cc1CS(=O)(=O)c1cccc(Br)c1. The molecule has 0 spiro atoms. The van der Waals surface area contributed by atoms with Crippen molar-refractivity contribution in [1.82, 2.24) is 0 Å². The van der Waals surface area contributed by atoms with Crippen molar-refractivity contribution >= 4 is 25.8 Å². The summed E-state index contributed by atoms with van der Waals surface area (Å²) in [6.07, 6.45) is 0. The standard InChI is InChI=1S/C14H9BrFNO2S/c15-12-2-1-3-14(7-12)20(18,19)9-11-6-13(16)5-4-10(11)8-17/h1-7H,9H2. The Morgan fingerprint density at radius 1 is 1.20 bits per heavy atom. The molecule has 0 atom stereocenters. The number of nitrogens with zero attached hydrogens (tertiary/aromatic N) is 1. The van der Waals surface area contributed by atoms with Crippen LogP contribution in [0.2, 0.25) is 0 Å². The fourth-order valence-electron chi connectivity index (χ4n) is 1.74. The molecule has 0 aliphatic heterocycles. The van der Waals surface area contributed by atoms with Gasteiger partial charge in [-0.1, -0.05) is 22.0 Å². The maximum atomic E-state index is 13.2. The largest absolute Gasteiger partial charge is 0.223 e. The third kappa shape index (κ3) is 3.24. The molecule has 0 N–H and O–H groups in total. The molecule has 0 aromatic heterocycles. The lowest BCUT2D eigenvalue weighted by Gasteiger charge is -2.07. The minimum Gasteiger partial charge on any atom is -0.223 e. The molecule has 0 bridgehead atoms. The van der Waals surface area contributed by atoms with Crippen LogP contribution in [0.4, 0.5) is 4.39 Å². The van der Waals surface area contributed by atoms with E-state index in [1.54, 1.807) is 12.1 Å². The Kier molecular flexibility index (Phi) is 4.21. The lowest BCUT2D eigenvalue weighted by atomic mass is 10.1. The lowest BCUT2D eigenvalue weighted by Crippen LogP contribution is -2.06. The quantitative estimate of drug-likeness (QED) is 0.849. The van der Waals surface area contributed by atoms with Gasteiger partial charge in [-0.15, -0.1) is 0 Å². The second kappa shape index (κ2) is 5.73. The predicted molar refractivity (Wildman–Crippen MR) is 76.1 cm³/mol. The molecule has 0 radical (unpaired) electrons. The molecule has 0 amide bonds. The molecule has 20 heavy (non-hydrogen) atoms. The van der Waals surface area contributed by atoms with Gasteiger partial charge in [0.25, 0.3) is 0 Å². The minimum absolute atomic E-state index is 0.125. The normalized spacial score (nSPS) is 11.1. The van der Waals surface area contributed by atoms with E-state index in [9.17, 15) is 12.8 Å². The summed E-state index contributed by atoms with van der Waals surface area (Å²) in [4.78, 5) is 0.125. The number of rotatable bonds is 3. The summed E-state index contributed by atoms with van der Waals surface area (Å²) in [5.41, 5.74) is 0.317. The van der Waals surface area contributed by atoms with Crippen LogP contribution in [0.25, 0.3) is 0 Å². The molecule has 0 unspecified atom stereocenters. The van der Waals surface area contributed by atoms with Crippen molar-refractivity contribution in [3.63, 3.8) is 0 Å². The molecule has 3 nitrogen and oxygen atoms in total. The first kappa shape index (κ1) is 14.7. The van der Waals surface area contributed by atoms with Gasteiger partial charge in [-0.2, -0.15) is 5.26 Å². The summed E-state index contributed by atoms with van der Waals surface area (Å²) in [5, 5.41) is 8.95. The molecular formula is C14H9BrFNO2S. The van der Waals surface area contributed by atoms with Gasteiger partial charge in [-0.25, -0.2) is 12.8 Å². The number of nitriles is 1. The van der Waals surface area contributed by atoms with Gasteiger partial charge in [0, 0.05) is 4.47 Å². The zero-order chi connectivity index (χ0) is 14.8. The minimum atomic E-state index is -3.63. The average Bonchev–Trinajstić information content (AvgIpc) is 2.38. The van der Waals surface area contributed by atoms with Gasteiger partial charge in [0.1, 0.15) is 5.82 Å². The highest BCUT2D eigenvalue weighted by molar-refractivity contribution is 9.10. The summed E-state index contributed by atoms with van der Waals surface area (Å²) in [6.45, 7) is 0. The highest BCUT2D eigenvalue weighted by Crippen LogP contribution is 2.22. The van der Waals surface area contributed by atoms with Gasteiger partial charge in [-0.05, 0) is 42.0 Å². The van der Waals surface area contributed by atoms with Crippen LogP contribution in [-0.4, -0.2) is 8.42 Å². The maximum Gasteiger partial charge on any atom is 0.182 e. The van der Waals surface area contributed by atoms with E-state index in [2.05, 4.69) is 15.9 Å². The Morgan fingerprint density at radius 2 is 1.95 bits per heavy atom. The third-order valence-corrected chi connectivity index (χ3v) is 4.84. The first-order valence-corrected chi connectivity index (χ1v) is 8.04. The van der Waals surface area contributed by atoms with E-state index in [4.69, 9.17) is 5.26 Å². The van der Waals surface area contributed by atoms with Crippen LogP contribution in [0.5, 0.6) is 0 Å². The van der Waals surface area contributed by atoms with E-state index >= 15 is 0 Å². The van der Waals surface area contributed by atoms with E-state index in [-0.39, 0.29) is 16.0 Å². The van der Waals surface area contributed by atoms with Gasteiger partial charge < -0.3 is 0 Å². The maximum absolute atomic E-state index is 13.2. The highest BCUT2D eigenvalue weighted by Gasteiger charge is 2.18. The molecule has 2 aromatic rings. The molecule has 0 heterocycles. The van der Waals surface area contributed by atoms with Crippen molar-refractivity contribution in [3.8, 4) is 6.07 Å². The number of hydrogen-bond acceptors (Lipinski definition) is 3. The molecule has 0 aliphatic rings. The van der Waals surface area contributed by atoms with Crippen molar-refractivity contribution in [2.75, 3.05) is 0 Å². The van der Waals surface area contributed by atoms with Crippen LogP contribution in [-0.2, 0) is 15.6 Å². The Hall–Kier alpha value is -1.71. The van der Waals surface area contributed by atoms with E-state index in [0.29, 0.717) is 4.47 Å². The van der Waals surface area contributed by atoms with Crippen molar-refractivity contribution in [3.05, 3.63) is 63.9 Å². The third-order valence-electron chi connectivity index (χ3n) is 2.69. The van der Waals surface area contributed by atoms with E-state index in [1.165, 1.54) is 18.2 Å². The fraction of sp³-hybridized carbons (Fsp3) is 0.0714. The van der Waals surface area contributed by atoms with Crippen LogP contribution < -0.4 is 0 Å². The summed E-state index contributed by atoms with van der Waals surface area (Å²) in [7, 11) is -3.63. The Balaban J connectivity index is 2.44. The summed E-state index contributed by atoms with van der Waals surface area (Å²) in [5.74, 6) is -0.979. The van der Waals surface area contributed by atoms with Crippen LogP contribution in [0.1, 0.15) is 11.1 Å². The monoisotopic (exact) mass is 353 g/mol. The lowest BCUT2D eigenvalue weighted by molar-refractivity contribution is 0.594. The van der Waals surface area contributed by atoms with E-state index < -0.39 is 21.4 Å². The first-order valence-electron chi connectivity index (χ1n) is 5.59. The van der Waals surface area contributed by atoms with Crippen molar-refractivity contribution in [2.45, 2.75) is 10.6 Å². The van der Waals surface area contributed by atoms with Crippen molar-refractivity contribution in [1.29, 1.82) is 5.26 Å². The Labute approximate surface area is 124 Å². The number of benzene rings is 2. The van der Waals surface area contributed by atoms with Gasteiger partial charge >= 0.3 is 0 Å². The molecule has 0 fully saturated rings. The molecule has 102 valence electrons. The molecule has 6 heteroatoms. The van der Waals surface area contributed by atoms with Crippen molar-refractivity contribution in [2.24, 2.45) is 0 Å². The molecule has 0 saturated carbocycles. The second-order valence-electron chi connectivity index (χ2n) is 4.13. The van der Waals surface area contributed by atoms with E-state index in [0.717, 1.165) is 12.1 Å². The Morgan fingerprint density at radius 3 is 2.60 bits per heavy atom. The van der Waals surface area contributed by atoms with Gasteiger partial charge in [0.2, 0.25) is 0 Å². The molecule has 0 aliphatic carbocycles.